The SMILES string of the molecule is Cc1ccc(C(C)C)cc1CNCN. The maximum Gasteiger partial charge on any atom is 0.0431 e. The minimum Gasteiger partial charge on any atom is -0.318 e. The zero-order chi connectivity index (χ0) is 10.6. The van der Waals surface area contributed by atoms with Crippen LogP contribution in [0.3, 0.4) is 0 Å². The number of hydrogen-bond donors (Lipinski definition) is 2. The molecule has 1 rings (SSSR count). The van der Waals surface area contributed by atoms with E-state index < -0.39 is 0 Å². The van der Waals surface area contributed by atoms with Crippen molar-refractivity contribution in [3.8, 4) is 0 Å². The number of benzene rings is 1. The molecule has 14 heavy (non-hydrogen) atoms. The summed E-state index contributed by atoms with van der Waals surface area (Å²) in [6.45, 7) is 7.96. The van der Waals surface area contributed by atoms with Crippen LogP contribution in [0.1, 0.15) is 36.5 Å². The van der Waals surface area contributed by atoms with Crippen LogP contribution in [0.4, 0.5) is 0 Å². The molecule has 0 heterocycles. The number of nitrogens with two attached hydrogens (primary N) is 1. The summed E-state index contributed by atoms with van der Waals surface area (Å²) < 4.78 is 0. The molecule has 78 valence electrons. The lowest BCUT2D eigenvalue weighted by atomic mass is 9.98. The Kier molecular flexibility index (Phi) is 4.11. The molecular formula is C12H20N2. The summed E-state index contributed by atoms with van der Waals surface area (Å²) in [6, 6.07) is 6.65. The van der Waals surface area contributed by atoms with Gasteiger partial charge in [0.2, 0.25) is 0 Å². The van der Waals surface area contributed by atoms with Crippen LogP contribution >= 0.6 is 0 Å². The van der Waals surface area contributed by atoms with Crippen LogP contribution in [0, 0.1) is 6.92 Å². The van der Waals surface area contributed by atoms with Gasteiger partial charge in [0.15, 0.2) is 0 Å². The Hall–Kier alpha value is -0.860. The summed E-state index contributed by atoms with van der Waals surface area (Å²) in [5.41, 5.74) is 9.48. The van der Waals surface area contributed by atoms with Crippen molar-refractivity contribution in [2.24, 2.45) is 5.73 Å². The highest BCUT2D eigenvalue weighted by Crippen LogP contribution is 2.18. The second-order valence-corrected chi connectivity index (χ2v) is 3.97. The highest BCUT2D eigenvalue weighted by Gasteiger charge is 2.02. The van der Waals surface area contributed by atoms with Gasteiger partial charge in [0.1, 0.15) is 0 Å². The van der Waals surface area contributed by atoms with E-state index in [2.05, 4.69) is 44.3 Å². The number of hydrogen-bond acceptors (Lipinski definition) is 2. The van der Waals surface area contributed by atoms with Gasteiger partial charge in [-0.1, -0.05) is 32.0 Å². The molecule has 0 aliphatic rings. The Labute approximate surface area is 86.5 Å². The summed E-state index contributed by atoms with van der Waals surface area (Å²) in [6.07, 6.45) is 0. The monoisotopic (exact) mass is 192 g/mol. The molecule has 1 aromatic rings. The van der Waals surface area contributed by atoms with Gasteiger partial charge in [-0.15, -0.1) is 0 Å². The lowest BCUT2D eigenvalue weighted by molar-refractivity contribution is 0.704. The van der Waals surface area contributed by atoms with Crippen molar-refractivity contribution in [3.63, 3.8) is 0 Å². The van der Waals surface area contributed by atoms with E-state index in [0.717, 1.165) is 6.54 Å². The number of nitrogens with one attached hydrogen (secondary N) is 1. The molecule has 0 saturated carbocycles. The summed E-state index contributed by atoms with van der Waals surface area (Å²) in [5, 5.41) is 3.15. The molecule has 0 spiro atoms. The molecule has 0 aliphatic carbocycles. The van der Waals surface area contributed by atoms with E-state index in [-0.39, 0.29) is 0 Å². The van der Waals surface area contributed by atoms with Gasteiger partial charge in [0.25, 0.3) is 0 Å². The average molecular weight is 192 g/mol. The minimum absolute atomic E-state index is 0.533. The molecule has 0 aliphatic heterocycles. The van der Waals surface area contributed by atoms with E-state index in [1.165, 1.54) is 16.7 Å². The fourth-order valence-electron chi connectivity index (χ4n) is 1.45. The standard InChI is InChI=1S/C12H20N2/c1-9(2)11-5-4-10(3)12(6-11)7-14-8-13/h4-6,9,14H,7-8,13H2,1-3H3. The molecule has 2 nitrogen and oxygen atoms in total. The largest absolute Gasteiger partial charge is 0.318 e. The average Bonchev–Trinajstić information content (AvgIpc) is 2.16. The Bertz CT molecular complexity index is 292. The van der Waals surface area contributed by atoms with Crippen LogP contribution in [0.2, 0.25) is 0 Å². The lowest BCUT2D eigenvalue weighted by Gasteiger charge is -2.11. The first-order valence-electron chi connectivity index (χ1n) is 5.15. The first kappa shape index (κ1) is 11.2. The van der Waals surface area contributed by atoms with Crippen molar-refractivity contribution in [1.29, 1.82) is 0 Å². The molecule has 0 radical (unpaired) electrons. The molecule has 0 aromatic heterocycles. The lowest BCUT2D eigenvalue weighted by Crippen LogP contribution is -2.22. The van der Waals surface area contributed by atoms with Gasteiger partial charge in [0.05, 0.1) is 0 Å². The molecule has 0 unspecified atom stereocenters. The molecule has 0 atom stereocenters. The second kappa shape index (κ2) is 5.13. The summed E-state index contributed by atoms with van der Waals surface area (Å²) in [7, 11) is 0. The Morgan fingerprint density at radius 2 is 2.07 bits per heavy atom. The second-order valence-electron chi connectivity index (χ2n) is 3.97. The topological polar surface area (TPSA) is 38.0 Å². The molecule has 0 fully saturated rings. The third kappa shape index (κ3) is 2.82. The van der Waals surface area contributed by atoms with Gasteiger partial charge >= 0.3 is 0 Å². The summed E-state index contributed by atoms with van der Waals surface area (Å²) >= 11 is 0. The zero-order valence-corrected chi connectivity index (χ0v) is 9.30. The Morgan fingerprint density at radius 1 is 1.36 bits per heavy atom. The molecule has 1 aromatic carbocycles. The maximum absolute atomic E-state index is 5.41. The normalized spacial score (nSPS) is 10.9. The van der Waals surface area contributed by atoms with Crippen molar-refractivity contribution >= 4 is 0 Å². The fourth-order valence-corrected chi connectivity index (χ4v) is 1.45. The molecule has 0 amide bonds. The van der Waals surface area contributed by atoms with E-state index in [9.17, 15) is 0 Å². The molecule has 3 N–H and O–H groups in total. The molecule has 0 saturated heterocycles. The fraction of sp³-hybridized carbons (Fsp3) is 0.500. The van der Waals surface area contributed by atoms with Gasteiger partial charge in [0, 0.05) is 13.2 Å². The van der Waals surface area contributed by atoms with E-state index in [0.29, 0.717) is 12.6 Å². The van der Waals surface area contributed by atoms with Crippen molar-refractivity contribution in [3.05, 3.63) is 34.9 Å². The first-order chi connectivity index (χ1) is 6.65. The van der Waals surface area contributed by atoms with Crippen LogP contribution in [-0.2, 0) is 6.54 Å². The number of aryl methyl sites for hydroxylation is 1. The summed E-state index contributed by atoms with van der Waals surface area (Å²) in [4.78, 5) is 0. The Morgan fingerprint density at radius 3 is 2.64 bits per heavy atom. The van der Waals surface area contributed by atoms with E-state index in [1.54, 1.807) is 0 Å². The minimum atomic E-state index is 0.533. The zero-order valence-electron chi connectivity index (χ0n) is 9.30. The van der Waals surface area contributed by atoms with E-state index >= 15 is 0 Å². The number of rotatable bonds is 4. The van der Waals surface area contributed by atoms with Crippen LogP contribution in [-0.4, -0.2) is 6.67 Å². The van der Waals surface area contributed by atoms with E-state index in [1.807, 2.05) is 0 Å². The van der Waals surface area contributed by atoms with Crippen molar-refractivity contribution in [2.45, 2.75) is 33.2 Å². The first-order valence-corrected chi connectivity index (χ1v) is 5.15. The maximum atomic E-state index is 5.41. The highest BCUT2D eigenvalue weighted by molar-refractivity contribution is 5.32. The van der Waals surface area contributed by atoms with Gasteiger partial charge in [-0.25, -0.2) is 0 Å². The van der Waals surface area contributed by atoms with Crippen LogP contribution < -0.4 is 11.1 Å². The predicted octanol–water partition coefficient (Wildman–Crippen LogP) is 2.12. The molecule has 0 bridgehead atoms. The molecule has 2 heteroatoms. The van der Waals surface area contributed by atoms with Gasteiger partial charge < -0.3 is 11.1 Å². The van der Waals surface area contributed by atoms with Gasteiger partial charge in [-0.05, 0) is 29.5 Å². The molecular weight excluding hydrogens is 172 g/mol. The highest BCUT2D eigenvalue weighted by atomic mass is 14.9. The van der Waals surface area contributed by atoms with Crippen molar-refractivity contribution < 1.29 is 0 Å². The third-order valence-corrected chi connectivity index (χ3v) is 2.50. The van der Waals surface area contributed by atoms with Gasteiger partial charge in [-0.3, -0.25) is 0 Å². The predicted molar refractivity (Wildman–Crippen MR) is 61.2 cm³/mol. The van der Waals surface area contributed by atoms with Crippen LogP contribution in [0.25, 0.3) is 0 Å². The van der Waals surface area contributed by atoms with Gasteiger partial charge in [-0.2, -0.15) is 0 Å². The Balaban J connectivity index is 2.85. The van der Waals surface area contributed by atoms with Crippen LogP contribution in [0.15, 0.2) is 18.2 Å². The van der Waals surface area contributed by atoms with Crippen molar-refractivity contribution in [1.82, 2.24) is 5.32 Å². The van der Waals surface area contributed by atoms with E-state index in [4.69, 9.17) is 5.73 Å². The van der Waals surface area contributed by atoms with Crippen molar-refractivity contribution in [2.75, 3.05) is 6.67 Å². The smallest absolute Gasteiger partial charge is 0.0431 e. The summed E-state index contributed by atoms with van der Waals surface area (Å²) in [5.74, 6) is 0.590. The third-order valence-electron chi connectivity index (χ3n) is 2.50. The quantitative estimate of drug-likeness (QED) is 0.717. The van der Waals surface area contributed by atoms with Crippen LogP contribution in [0.5, 0.6) is 0 Å².